The zero-order valence-electron chi connectivity index (χ0n) is 13.6. The third kappa shape index (κ3) is 4.55. The fourth-order valence-corrected chi connectivity index (χ4v) is 2.66. The third-order valence-electron chi connectivity index (χ3n) is 3.55. The van der Waals surface area contributed by atoms with Gasteiger partial charge in [0.1, 0.15) is 11.5 Å². The fourth-order valence-electron chi connectivity index (χ4n) is 2.26. The van der Waals surface area contributed by atoms with E-state index in [-0.39, 0.29) is 5.56 Å². The number of rotatable bonds is 5. The lowest BCUT2D eigenvalue weighted by atomic mass is 10.1. The number of carboxylic acid groups (broad SMARTS) is 1. The summed E-state index contributed by atoms with van der Waals surface area (Å²) in [5, 5.41) is 13.7. The van der Waals surface area contributed by atoms with E-state index >= 15 is 0 Å². The number of hydrazone groups is 1. The Morgan fingerprint density at radius 2 is 1.85 bits per heavy atom. The maximum Gasteiger partial charge on any atom is 0.335 e. The maximum absolute atomic E-state index is 12.0. The molecule has 1 aromatic heterocycles. The molecule has 27 heavy (non-hydrogen) atoms. The number of hydrogen-bond donors (Lipinski definition) is 2. The van der Waals surface area contributed by atoms with E-state index < -0.39 is 11.9 Å². The zero-order chi connectivity index (χ0) is 19.4. The predicted octanol–water partition coefficient (Wildman–Crippen LogP) is 4.72. The van der Waals surface area contributed by atoms with Crippen molar-refractivity contribution in [3.05, 3.63) is 81.5 Å². The molecule has 0 unspecified atom stereocenters. The van der Waals surface area contributed by atoms with Crippen LogP contribution in [0.3, 0.4) is 0 Å². The number of halogens is 2. The van der Waals surface area contributed by atoms with Crippen LogP contribution in [0.15, 0.2) is 64.1 Å². The van der Waals surface area contributed by atoms with Crippen molar-refractivity contribution < 1.29 is 19.1 Å². The molecule has 0 spiro atoms. The standard InChI is InChI=1S/C19H12Cl2N2O4/c20-13-3-1-2-11(8-13)18(24)23-22-10-14-5-7-17(27-14)15-9-12(19(25)26)4-6-16(15)21/h1-10H,(H,23,24)(H,25,26)/b22-10-. The molecule has 0 saturated carbocycles. The van der Waals surface area contributed by atoms with Gasteiger partial charge < -0.3 is 9.52 Å². The summed E-state index contributed by atoms with van der Waals surface area (Å²) in [5.74, 6) is -0.748. The highest BCUT2D eigenvalue weighted by molar-refractivity contribution is 6.33. The molecule has 0 radical (unpaired) electrons. The first-order valence-electron chi connectivity index (χ1n) is 7.66. The van der Waals surface area contributed by atoms with Crippen LogP contribution in [0.5, 0.6) is 0 Å². The molecule has 0 saturated heterocycles. The highest BCUT2D eigenvalue weighted by Crippen LogP contribution is 2.30. The lowest BCUT2D eigenvalue weighted by Crippen LogP contribution is -2.17. The number of carbonyl (C=O) groups excluding carboxylic acids is 1. The molecule has 6 nitrogen and oxygen atoms in total. The Morgan fingerprint density at radius 3 is 2.59 bits per heavy atom. The second-order valence-corrected chi connectivity index (χ2v) is 6.25. The van der Waals surface area contributed by atoms with E-state index in [9.17, 15) is 9.59 Å². The van der Waals surface area contributed by atoms with Gasteiger partial charge in [0, 0.05) is 16.1 Å². The smallest absolute Gasteiger partial charge is 0.335 e. The number of carbonyl (C=O) groups is 2. The average Bonchev–Trinajstić information content (AvgIpc) is 3.10. The molecule has 8 heteroatoms. The van der Waals surface area contributed by atoms with Crippen LogP contribution in [0.1, 0.15) is 26.5 Å². The molecule has 3 rings (SSSR count). The van der Waals surface area contributed by atoms with Crippen LogP contribution < -0.4 is 5.43 Å². The van der Waals surface area contributed by atoms with Crippen LogP contribution in [0.2, 0.25) is 10.0 Å². The van der Waals surface area contributed by atoms with Gasteiger partial charge in [-0.25, -0.2) is 10.2 Å². The summed E-state index contributed by atoms with van der Waals surface area (Å²) in [4.78, 5) is 23.1. The van der Waals surface area contributed by atoms with Crippen LogP contribution in [0.4, 0.5) is 0 Å². The van der Waals surface area contributed by atoms with Crippen LogP contribution in [0, 0.1) is 0 Å². The summed E-state index contributed by atoms with van der Waals surface area (Å²) in [6.45, 7) is 0. The van der Waals surface area contributed by atoms with Crippen LogP contribution in [0.25, 0.3) is 11.3 Å². The van der Waals surface area contributed by atoms with Crippen molar-refractivity contribution >= 4 is 41.3 Å². The summed E-state index contributed by atoms with van der Waals surface area (Å²) >= 11 is 12.0. The molecule has 1 amide bonds. The van der Waals surface area contributed by atoms with Gasteiger partial charge in [0.25, 0.3) is 5.91 Å². The number of benzene rings is 2. The SMILES string of the molecule is O=C(O)c1ccc(Cl)c(-c2ccc(/C=N\NC(=O)c3cccc(Cl)c3)o2)c1. The van der Waals surface area contributed by atoms with Crippen LogP contribution in [-0.2, 0) is 0 Å². The highest BCUT2D eigenvalue weighted by Gasteiger charge is 2.12. The molecule has 0 aliphatic rings. The molecule has 0 fully saturated rings. The first-order valence-corrected chi connectivity index (χ1v) is 8.41. The van der Waals surface area contributed by atoms with Crippen molar-refractivity contribution in [2.45, 2.75) is 0 Å². The van der Waals surface area contributed by atoms with E-state index in [4.69, 9.17) is 32.7 Å². The minimum absolute atomic E-state index is 0.0924. The molecule has 2 aromatic carbocycles. The van der Waals surface area contributed by atoms with E-state index in [1.165, 1.54) is 30.5 Å². The highest BCUT2D eigenvalue weighted by atomic mass is 35.5. The second kappa shape index (κ2) is 8.07. The number of nitrogens with zero attached hydrogens (tertiary/aromatic N) is 1. The largest absolute Gasteiger partial charge is 0.478 e. The molecular formula is C19H12Cl2N2O4. The summed E-state index contributed by atoms with van der Waals surface area (Å²) < 4.78 is 5.59. The fraction of sp³-hybridized carbons (Fsp3) is 0. The predicted molar refractivity (Wildman–Crippen MR) is 103 cm³/mol. The zero-order valence-corrected chi connectivity index (χ0v) is 15.2. The van der Waals surface area contributed by atoms with E-state index in [1.54, 1.807) is 30.3 Å². The van der Waals surface area contributed by atoms with E-state index in [0.29, 0.717) is 32.7 Å². The van der Waals surface area contributed by atoms with Gasteiger partial charge in [-0.3, -0.25) is 4.79 Å². The Morgan fingerprint density at radius 1 is 1.04 bits per heavy atom. The monoisotopic (exact) mass is 402 g/mol. The number of nitrogens with one attached hydrogen (secondary N) is 1. The first kappa shape index (κ1) is 18.7. The number of amides is 1. The van der Waals surface area contributed by atoms with Crippen molar-refractivity contribution in [3.63, 3.8) is 0 Å². The van der Waals surface area contributed by atoms with E-state index in [0.717, 1.165) is 0 Å². The summed E-state index contributed by atoms with van der Waals surface area (Å²) in [6.07, 6.45) is 1.32. The quantitative estimate of drug-likeness (QED) is 0.477. The van der Waals surface area contributed by atoms with Crippen molar-refractivity contribution in [1.82, 2.24) is 5.43 Å². The Hall–Kier alpha value is -3.09. The summed E-state index contributed by atoms with van der Waals surface area (Å²) in [7, 11) is 0. The minimum Gasteiger partial charge on any atom is -0.478 e. The van der Waals surface area contributed by atoms with Gasteiger partial charge in [-0.15, -0.1) is 0 Å². The van der Waals surface area contributed by atoms with Gasteiger partial charge >= 0.3 is 5.97 Å². The third-order valence-corrected chi connectivity index (χ3v) is 4.11. The van der Waals surface area contributed by atoms with Crippen molar-refractivity contribution in [1.29, 1.82) is 0 Å². The first-order chi connectivity index (χ1) is 12.9. The molecule has 136 valence electrons. The number of hydrogen-bond acceptors (Lipinski definition) is 4. The van der Waals surface area contributed by atoms with Crippen molar-refractivity contribution in [3.8, 4) is 11.3 Å². The van der Waals surface area contributed by atoms with E-state index in [2.05, 4.69) is 10.5 Å². The Kier molecular flexibility index (Phi) is 5.59. The normalized spacial score (nSPS) is 10.9. The Bertz CT molecular complexity index is 1040. The van der Waals surface area contributed by atoms with E-state index in [1.807, 2.05) is 0 Å². The van der Waals surface area contributed by atoms with Gasteiger partial charge in [-0.05, 0) is 48.5 Å². The molecule has 0 aliphatic heterocycles. The van der Waals surface area contributed by atoms with Crippen molar-refractivity contribution in [2.75, 3.05) is 0 Å². The second-order valence-electron chi connectivity index (χ2n) is 5.41. The summed E-state index contributed by atoms with van der Waals surface area (Å²) in [6, 6.07) is 14.0. The number of carboxylic acids is 1. The molecule has 2 N–H and O–H groups in total. The lowest BCUT2D eigenvalue weighted by molar-refractivity contribution is 0.0696. The topological polar surface area (TPSA) is 91.9 Å². The van der Waals surface area contributed by atoms with Gasteiger partial charge in [0.2, 0.25) is 0 Å². The Labute approximate surface area is 164 Å². The lowest BCUT2D eigenvalue weighted by Gasteiger charge is -2.02. The molecule has 0 atom stereocenters. The van der Waals surface area contributed by atoms with Crippen LogP contribution >= 0.6 is 23.2 Å². The molecular weight excluding hydrogens is 391 g/mol. The van der Waals surface area contributed by atoms with Gasteiger partial charge in [0.15, 0.2) is 0 Å². The van der Waals surface area contributed by atoms with Gasteiger partial charge in [0.05, 0.1) is 16.8 Å². The van der Waals surface area contributed by atoms with Crippen molar-refractivity contribution in [2.24, 2.45) is 5.10 Å². The van der Waals surface area contributed by atoms with Gasteiger partial charge in [-0.2, -0.15) is 5.10 Å². The molecule has 0 aliphatic carbocycles. The molecule has 0 bridgehead atoms. The van der Waals surface area contributed by atoms with Gasteiger partial charge in [-0.1, -0.05) is 29.3 Å². The number of furan rings is 1. The van der Waals surface area contributed by atoms with Crippen LogP contribution in [-0.4, -0.2) is 23.2 Å². The Balaban J connectivity index is 1.73. The maximum atomic E-state index is 12.0. The minimum atomic E-state index is -1.06. The summed E-state index contributed by atoms with van der Waals surface area (Å²) in [5.41, 5.74) is 3.28. The molecule has 1 heterocycles. The average molecular weight is 403 g/mol. The molecule has 3 aromatic rings. The number of aromatic carboxylic acids is 1.